The Balaban J connectivity index is 3.30. The number of aromatic nitrogens is 2. The normalized spacial score (nSPS) is 11.4. The smallest absolute Gasteiger partial charge is 0.356 e. The molecular formula is C9H14N2O2S. The summed E-state index contributed by atoms with van der Waals surface area (Å²) in [4.78, 5) is 17.1. The van der Waals surface area contributed by atoms with Gasteiger partial charge in [0.25, 0.3) is 0 Å². The zero-order valence-electron chi connectivity index (χ0n) is 8.72. The quantitative estimate of drug-likeness (QED) is 0.556. The van der Waals surface area contributed by atoms with E-state index in [9.17, 15) is 4.79 Å². The average Bonchev–Trinajstić information content (AvgIpc) is 2.45. The first-order valence-corrected chi connectivity index (χ1v) is 4.68. The van der Waals surface area contributed by atoms with Crippen LogP contribution in [0.5, 0.6) is 0 Å². The highest BCUT2D eigenvalue weighted by Gasteiger charge is 2.24. The summed E-state index contributed by atoms with van der Waals surface area (Å²) in [6.07, 6.45) is 0. The Morgan fingerprint density at radius 3 is 2.36 bits per heavy atom. The number of ether oxygens (including phenoxy) is 1. The summed E-state index contributed by atoms with van der Waals surface area (Å²) in [7, 11) is 1.35. The molecule has 4 nitrogen and oxygen atoms in total. The lowest BCUT2D eigenvalue weighted by Crippen LogP contribution is -2.17. The second-order valence-electron chi connectivity index (χ2n) is 4.07. The molecule has 14 heavy (non-hydrogen) atoms. The van der Waals surface area contributed by atoms with Gasteiger partial charge in [-0.25, -0.2) is 4.79 Å². The predicted octanol–water partition coefficient (Wildman–Crippen LogP) is 2.16. The monoisotopic (exact) mass is 214 g/mol. The van der Waals surface area contributed by atoms with Crippen molar-refractivity contribution in [3.05, 3.63) is 16.2 Å². The van der Waals surface area contributed by atoms with E-state index < -0.39 is 5.97 Å². The summed E-state index contributed by atoms with van der Waals surface area (Å²) in [6.45, 7) is 5.98. The minimum atomic E-state index is -0.401. The van der Waals surface area contributed by atoms with E-state index in [1.165, 1.54) is 7.11 Å². The number of hydrogen-bond acceptors (Lipinski definition) is 3. The highest BCUT2D eigenvalue weighted by atomic mass is 32.1. The number of hydrogen-bond donors (Lipinski definition) is 2. The molecular weight excluding hydrogens is 200 g/mol. The van der Waals surface area contributed by atoms with Crippen molar-refractivity contribution in [2.45, 2.75) is 26.2 Å². The highest BCUT2D eigenvalue weighted by molar-refractivity contribution is 7.71. The summed E-state index contributed by atoms with van der Waals surface area (Å²) in [5.41, 5.74) is 1.01. The number of methoxy groups -OCH3 is 1. The molecule has 0 fully saturated rings. The van der Waals surface area contributed by atoms with Gasteiger partial charge in [0.2, 0.25) is 0 Å². The summed E-state index contributed by atoms with van der Waals surface area (Å²) < 4.78 is 5.09. The van der Waals surface area contributed by atoms with Crippen molar-refractivity contribution in [2.24, 2.45) is 0 Å². The summed E-state index contributed by atoms with van der Waals surface area (Å²) >= 11 is 4.94. The van der Waals surface area contributed by atoms with Gasteiger partial charge < -0.3 is 14.7 Å². The third-order valence-electron chi connectivity index (χ3n) is 1.87. The van der Waals surface area contributed by atoms with Crippen LogP contribution in [-0.4, -0.2) is 23.0 Å². The van der Waals surface area contributed by atoms with Crippen molar-refractivity contribution in [1.29, 1.82) is 0 Å². The minimum Gasteiger partial charge on any atom is -0.464 e. The Bertz CT molecular complexity index is 398. The maximum Gasteiger partial charge on any atom is 0.356 e. The van der Waals surface area contributed by atoms with Crippen LogP contribution in [0.25, 0.3) is 0 Å². The summed E-state index contributed by atoms with van der Waals surface area (Å²) in [5.74, 6) is -0.401. The van der Waals surface area contributed by atoms with E-state index >= 15 is 0 Å². The van der Waals surface area contributed by atoms with Crippen molar-refractivity contribution in [1.82, 2.24) is 9.97 Å². The second kappa shape index (κ2) is 3.57. The van der Waals surface area contributed by atoms with Crippen molar-refractivity contribution >= 4 is 18.2 Å². The maximum atomic E-state index is 11.4. The molecule has 0 aromatic carbocycles. The van der Waals surface area contributed by atoms with Crippen LogP contribution in [0, 0.1) is 4.77 Å². The first-order chi connectivity index (χ1) is 6.36. The molecule has 0 bridgehead atoms. The Morgan fingerprint density at radius 1 is 1.36 bits per heavy atom. The fourth-order valence-electron chi connectivity index (χ4n) is 1.20. The van der Waals surface area contributed by atoms with Gasteiger partial charge in [-0.15, -0.1) is 0 Å². The predicted molar refractivity (Wildman–Crippen MR) is 56.0 cm³/mol. The van der Waals surface area contributed by atoms with Gasteiger partial charge in [-0.3, -0.25) is 0 Å². The number of carbonyl (C=O) groups excluding carboxylic acids is 1. The average molecular weight is 214 g/mol. The molecule has 0 amide bonds. The third-order valence-corrected chi connectivity index (χ3v) is 2.07. The van der Waals surface area contributed by atoms with Gasteiger partial charge in [0, 0.05) is 5.41 Å². The lowest BCUT2D eigenvalue weighted by Gasteiger charge is -2.17. The lowest BCUT2D eigenvalue weighted by atomic mass is 9.91. The van der Waals surface area contributed by atoms with Gasteiger partial charge in [-0.2, -0.15) is 0 Å². The van der Waals surface area contributed by atoms with Crippen molar-refractivity contribution < 1.29 is 9.53 Å². The number of H-pyrrole nitrogens is 2. The molecule has 0 aliphatic heterocycles. The number of carbonyl (C=O) groups is 1. The fourth-order valence-corrected chi connectivity index (χ4v) is 1.41. The molecule has 78 valence electrons. The largest absolute Gasteiger partial charge is 0.464 e. The Hall–Kier alpha value is -1.10. The number of esters is 1. The molecule has 0 aliphatic carbocycles. The van der Waals surface area contributed by atoms with Crippen molar-refractivity contribution in [3.8, 4) is 0 Å². The van der Waals surface area contributed by atoms with Crippen LogP contribution in [-0.2, 0) is 10.2 Å². The molecule has 0 unspecified atom stereocenters. The Morgan fingerprint density at radius 2 is 1.93 bits per heavy atom. The SMILES string of the molecule is COC(=O)c1[nH]c(=S)[nH]c1C(C)(C)C. The number of rotatable bonds is 1. The molecule has 2 N–H and O–H groups in total. The molecule has 0 spiro atoms. The summed E-state index contributed by atoms with van der Waals surface area (Å²) in [6, 6.07) is 0. The van der Waals surface area contributed by atoms with Crippen LogP contribution in [0.1, 0.15) is 37.0 Å². The van der Waals surface area contributed by atoms with Crippen LogP contribution < -0.4 is 0 Å². The molecule has 1 aromatic heterocycles. The molecule has 1 heterocycles. The third kappa shape index (κ3) is 2.04. The molecule has 0 radical (unpaired) electrons. The molecule has 0 saturated carbocycles. The van der Waals surface area contributed by atoms with Gasteiger partial charge >= 0.3 is 5.97 Å². The van der Waals surface area contributed by atoms with Crippen molar-refractivity contribution in [2.75, 3.05) is 7.11 Å². The second-order valence-corrected chi connectivity index (χ2v) is 4.48. The van der Waals surface area contributed by atoms with E-state index in [0.717, 1.165) is 5.69 Å². The van der Waals surface area contributed by atoms with Gasteiger partial charge in [-0.05, 0) is 12.2 Å². The van der Waals surface area contributed by atoms with Gasteiger partial charge in [-0.1, -0.05) is 20.8 Å². The Kier molecular flexibility index (Phi) is 2.80. The van der Waals surface area contributed by atoms with E-state index in [-0.39, 0.29) is 5.41 Å². The Labute approximate surface area is 87.7 Å². The van der Waals surface area contributed by atoms with E-state index in [1.807, 2.05) is 20.8 Å². The van der Waals surface area contributed by atoms with Crippen LogP contribution in [0.4, 0.5) is 0 Å². The molecule has 5 heteroatoms. The zero-order valence-corrected chi connectivity index (χ0v) is 9.54. The fraction of sp³-hybridized carbons (Fsp3) is 0.556. The standard InChI is InChI=1S/C9H14N2O2S/c1-9(2,3)6-5(7(12)13-4)10-8(14)11-6/h1-4H3,(H2,10,11,14). The first kappa shape index (κ1) is 11.0. The van der Waals surface area contributed by atoms with Gasteiger partial charge in [0.15, 0.2) is 4.77 Å². The van der Waals surface area contributed by atoms with E-state index in [1.54, 1.807) is 0 Å². The van der Waals surface area contributed by atoms with Crippen LogP contribution in [0.3, 0.4) is 0 Å². The van der Waals surface area contributed by atoms with Gasteiger partial charge in [0.05, 0.1) is 12.8 Å². The van der Waals surface area contributed by atoms with E-state index in [2.05, 4.69) is 14.7 Å². The molecule has 0 atom stereocenters. The van der Waals surface area contributed by atoms with E-state index in [4.69, 9.17) is 12.2 Å². The maximum absolute atomic E-state index is 11.4. The molecule has 1 rings (SSSR count). The van der Waals surface area contributed by atoms with Crippen molar-refractivity contribution in [3.63, 3.8) is 0 Å². The van der Waals surface area contributed by atoms with E-state index in [0.29, 0.717) is 10.5 Å². The summed E-state index contributed by atoms with van der Waals surface area (Å²) in [5, 5.41) is 0. The lowest BCUT2D eigenvalue weighted by molar-refractivity contribution is 0.0591. The van der Waals surface area contributed by atoms with Crippen LogP contribution in [0.2, 0.25) is 0 Å². The minimum absolute atomic E-state index is 0.170. The molecule has 1 aromatic rings. The first-order valence-electron chi connectivity index (χ1n) is 4.27. The molecule has 0 saturated heterocycles. The topological polar surface area (TPSA) is 57.9 Å². The number of aromatic amines is 2. The van der Waals surface area contributed by atoms with Gasteiger partial charge in [0.1, 0.15) is 5.69 Å². The number of imidazole rings is 1. The highest BCUT2D eigenvalue weighted by Crippen LogP contribution is 2.23. The molecule has 0 aliphatic rings. The van der Waals surface area contributed by atoms with Crippen LogP contribution in [0.15, 0.2) is 0 Å². The number of nitrogens with one attached hydrogen (secondary N) is 2. The zero-order chi connectivity index (χ0) is 10.9. The van der Waals surface area contributed by atoms with Crippen LogP contribution >= 0.6 is 12.2 Å².